The quantitative estimate of drug-likeness (QED) is 0.680. The third kappa shape index (κ3) is 3.78. The summed E-state index contributed by atoms with van der Waals surface area (Å²) >= 11 is 0. The minimum atomic E-state index is -1.05. The Hall–Kier alpha value is -3.17. The van der Waals surface area contributed by atoms with Crippen LogP contribution in [0.4, 0.5) is 0 Å². The number of amides is 3. The van der Waals surface area contributed by atoms with Crippen molar-refractivity contribution in [3.8, 4) is 0 Å². The van der Waals surface area contributed by atoms with Crippen molar-refractivity contribution in [2.75, 3.05) is 13.1 Å². The van der Waals surface area contributed by atoms with Gasteiger partial charge in [-0.05, 0) is 49.1 Å². The summed E-state index contributed by atoms with van der Waals surface area (Å²) in [6, 6.07) is 6.75. The second-order valence-corrected chi connectivity index (χ2v) is 8.75. The highest BCUT2D eigenvalue weighted by Crippen LogP contribution is 2.34. The van der Waals surface area contributed by atoms with Crippen LogP contribution in [0.1, 0.15) is 53.0 Å². The van der Waals surface area contributed by atoms with E-state index in [4.69, 9.17) is 0 Å². The molecule has 3 aliphatic heterocycles. The van der Waals surface area contributed by atoms with Gasteiger partial charge < -0.3 is 10.0 Å². The molecule has 2 aromatic rings. The Bertz CT molecular complexity index is 1070. The first-order valence-electron chi connectivity index (χ1n) is 10.9. The predicted octanol–water partition coefficient (Wildman–Crippen LogP) is 0.721. The van der Waals surface area contributed by atoms with Crippen molar-refractivity contribution in [3.05, 3.63) is 59.2 Å². The molecule has 2 saturated heterocycles. The Morgan fingerprint density at radius 1 is 1.09 bits per heavy atom. The van der Waals surface area contributed by atoms with Gasteiger partial charge in [-0.3, -0.25) is 34.6 Å². The van der Waals surface area contributed by atoms with Crippen molar-refractivity contribution in [2.24, 2.45) is 0 Å². The average Bonchev–Trinajstić information content (AvgIpc) is 3.12. The molecule has 2 N–H and O–H groups in total. The fourth-order valence-corrected chi connectivity index (χ4v) is 4.78. The molecule has 3 aliphatic rings. The lowest BCUT2D eigenvalue weighted by Crippen LogP contribution is -2.52. The zero-order valence-corrected chi connectivity index (χ0v) is 17.7. The molecule has 0 aliphatic carbocycles. The molecule has 1 unspecified atom stereocenters. The number of nitrogens with one attached hydrogen (secondary N) is 1. The SMILES string of the molecule is O=C1CCC(N2Cc3nc(C4(O)CCN(Cc5ccncc5)CC4)ccc3C2=O)C(=O)N1. The van der Waals surface area contributed by atoms with Crippen molar-refractivity contribution in [1.29, 1.82) is 0 Å². The third-order valence-electron chi connectivity index (χ3n) is 6.69. The fourth-order valence-electron chi connectivity index (χ4n) is 4.78. The third-order valence-corrected chi connectivity index (χ3v) is 6.69. The summed E-state index contributed by atoms with van der Waals surface area (Å²) in [5.41, 5.74) is 1.74. The Labute approximate surface area is 185 Å². The van der Waals surface area contributed by atoms with Crippen LogP contribution in [-0.4, -0.2) is 61.7 Å². The zero-order chi connectivity index (χ0) is 22.3. The smallest absolute Gasteiger partial charge is 0.256 e. The first-order valence-corrected chi connectivity index (χ1v) is 10.9. The minimum Gasteiger partial charge on any atom is -0.383 e. The number of piperidine rings is 2. The van der Waals surface area contributed by atoms with Crippen LogP contribution in [0.15, 0.2) is 36.7 Å². The van der Waals surface area contributed by atoms with Gasteiger partial charge in [0.05, 0.1) is 23.5 Å². The van der Waals surface area contributed by atoms with Crippen LogP contribution < -0.4 is 5.32 Å². The minimum absolute atomic E-state index is 0.207. The maximum atomic E-state index is 12.9. The van der Waals surface area contributed by atoms with E-state index in [9.17, 15) is 19.5 Å². The van der Waals surface area contributed by atoms with Gasteiger partial charge in [-0.25, -0.2) is 0 Å². The van der Waals surface area contributed by atoms with E-state index in [0.29, 0.717) is 36.2 Å². The normalized spacial score (nSPS) is 23.2. The maximum Gasteiger partial charge on any atom is 0.256 e. The van der Waals surface area contributed by atoms with E-state index in [1.807, 2.05) is 12.1 Å². The first kappa shape index (κ1) is 20.7. The lowest BCUT2D eigenvalue weighted by Gasteiger charge is -2.38. The van der Waals surface area contributed by atoms with Crippen molar-refractivity contribution < 1.29 is 19.5 Å². The molecular formula is C23H25N5O4. The van der Waals surface area contributed by atoms with Gasteiger partial charge in [-0.15, -0.1) is 0 Å². The number of carbonyl (C=O) groups excluding carboxylic acids is 3. The Morgan fingerprint density at radius 2 is 1.84 bits per heavy atom. The molecule has 0 bridgehead atoms. The molecular weight excluding hydrogens is 410 g/mol. The molecule has 9 nitrogen and oxygen atoms in total. The number of rotatable bonds is 4. The largest absolute Gasteiger partial charge is 0.383 e. The number of hydrogen-bond donors (Lipinski definition) is 2. The number of pyridine rings is 2. The number of likely N-dealkylation sites (tertiary alicyclic amines) is 1. The number of fused-ring (bicyclic) bond motifs is 1. The lowest BCUT2D eigenvalue weighted by molar-refractivity contribution is -0.136. The summed E-state index contributed by atoms with van der Waals surface area (Å²) in [6.07, 6.45) is 5.19. The molecule has 166 valence electrons. The summed E-state index contributed by atoms with van der Waals surface area (Å²) in [4.78, 5) is 49.0. The molecule has 2 aromatic heterocycles. The highest BCUT2D eigenvalue weighted by atomic mass is 16.3. The Morgan fingerprint density at radius 3 is 2.56 bits per heavy atom. The van der Waals surface area contributed by atoms with Crippen LogP contribution in [0.5, 0.6) is 0 Å². The number of aromatic nitrogens is 2. The standard InChI is InChI=1S/C23H25N5O4/c29-20-4-2-18(21(30)26-20)28-14-17-16(22(28)31)1-3-19(25-17)23(32)7-11-27(12-8-23)13-15-5-9-24-10-6-15/h1,3,5-6,9-10,18,32H,2,4,7-8,11-14H2,(H,26,29,30). The van der Waals surface area contributed by atoms with Crippen LogP contribution in [0.2, 0.25) is 0 Å². The molecule has 0 saturated carbocycles. The van der Waals surface area contributed by atoms with Gasteiger partial charge in [0.25, 0.3) is 5.91 Å². The van der Waals surface area contributed by atoms with Gasteiger partial charge in [0.1, 0.15) is 11.6 Å². The van der Waals surface area contributed by atoms with Crippen LogP contribution >= 0.6 is 0 Å². The fraction of sp³-hybridized carbons (Fsp3) is 0.435. The Kier molecular flexibility index (Phi) is 5.22. The maximum absolute atomic E-state index is 12.9. The number of nitrogens with zero attached hydrogens (tertiary/aromatic N) is 4. The molecule has 5 heterocycles. The summed E-state index contributed by atoms with van der Waals surface area (Å²) in [7, 11) is 0. The predicted molar refractivity (Wildman–Crippen MR) is 113 cm³/mol. The molecule has 0 aromatic carbocycles. The van der Waals surface area contributed by atoms with Gasteiger partial charge in [0.2, 0.25) is 11.8 Å². The molecule has 5 rings (SSSR count). The molecule has 0 radical (unpaired) electrons. The van der Waals surface area contributed by atoms with Crippen molar-refractivity contribution >= 4 is 17.7 Å². The number of hydrogen-bond acceptors (Lipinski definition) is 7. The van der Waals surface area contributed by atoms with E-state index in [1.54, 1.807) is 24.5 Å². The van der Waals surface area contributed by atoms with Crippen LogP contribution in [0.3, 0.4) is 0 Å². The van der Waals surface area contributed by atoms with Gasteiger partial charge in [-0.2, -0.15) is 0 Å². The lowest BCUT2D eigenvalue weighted by atomic mass is 9.87. The van der Waals surface area contributed by atoms with Gasteiger partial charge >= 0.3 is 0 Å². The van der Waals surface area contributed by atoms with Crippen LogP contribution in [0.25, 0.3) is 0 Å². The highest BCUT2D eigenvalue weighted by molar-refractivity contribution is 6.05. The Balaban J connectivity index is 1.28. The first-order chi connectivity index (χ1) is 15.4. The van der Waals surface area contributed by atoms with Crippen LogP contribution in [-0.2, 0) is 28.3 Å². The summed E-state index contributed by atoms with van der Waals surface area (Å²) < 4.78 is 0. The second kappa shape index (κ2) is 8.07. The van der Waals surface area contributed by atoms with E-state index >= 15 is 0 Å². The molecule has 1 atom stereocenters. The average molecular weight is 435 g/mol. The zero-order valence-electron chi connectivity index (χ0n) is 17.7. The van der Waals surface area contributed by atoms with E-state index in [1.165, 1.54) is 10.5 Å². The number of aliphatic hydroxyl groups is 1. The van der Waals surface area contributed by atoms with E-state index in [0.717, 1.165) is 19.6 Å². The summed E-state index contributed by atoms with van der Waals surface area (Å²) in [6.45, 7) is 2.49. The molecule has 2 fully saturated rings. The highest BCUT2D eigenvalue weighted by Gasteiger charge is 2.41. The molecule has 0 spiro atoms. The second-order valence-electron chi connectivity index (χ2n) is 8.75. The summed E-state index contributed by atoms with van der Waals surface area (Å²) in [5.74, 6) is -1.01. The number of imide groups is 1. The molecule has 32 heavy (non-hydrogen) atoms. The van der Waals surface area contributed by atoms with Gasteiger partial charge in [-0.1, -0.05) is 0 Å². The van der Waals surface area contributed by atoms with Gasteiger partial charge in [0, 0.05) is 38.4 Å². The summed E-state index contributed by atoms with van der Waals surface area (Å²) in [5, 5.41) is 13.6. The van der Waals surface area contributed by atoms with E-state index < -0.39 is 17.6 Å². The molecule has 9 heteroatoms. The van der Waals surface area contributed by atoms with Crippen molar-refractivity contribution in [1.82, 2.24) is 25.1 Å². The van der Waals surface area contributed by atoms with Crippen molar-refractivity contribution in [2.45, 2.75) is 50.4 Å². The van der Waals surface area contributed by atoms with E-state index in [-0.39, 0.29) is 24.8 Å². The van der Waals surface area contributed by atoms with Crippen LogP contribution in [0, 0.1) is 0 Å². The number of carbonyl (C=O) groups is 3. The van der Waals surface area contributed by atoms with Gasteiger partial charge in [0.15, 0.2) is 0 Å². The van der Waals surface area contributed by atoms with Crippen molar-refractivity contribution in [3.63, 3.8) is 0 Å². The monoisotopic (exact) mass is 435 g/mol. The van der Waals surface area contributed by atoms with E-state index in [2.05, 4.69) is 20.2 Å². The topological polar surface area (TPSA) is 116 Å². The molecule has 3 amide bonds.